The van der Waals surface area contributed by atoms with Gasteiger partial charge in [0, 0.05) is 32.0 Å². The van der Waals surface area contributed by atoms with Crippen LogP contribution in [0.4, 0.5) is 0 Å². The van der Waals surface area contributed by atoms with E-state index in [0.29, 0.717) is 18.5 Å². The highest BCUT2D eigenvalue weighted by Gasteiger charge is 2.25. The maximum atomic E-state index is 9.42. The first-order valence-corrected chi connectivity index (χ1v) is 10.9. The third kappa shape index (κ3) is 8.66. The van der Waals surface area contributed by atoms with Gasteiger partial charge in [0.15, 0.2) is 5.96 Å². The summed E-state index contributed by atoms with van der Waals surface area (Å²) in [6.45, 7) is 8.85. The van der Waals surface area contributed by atoms with Gasteiger partial charge in [0.05, 0.1) is 6.54 Å². The number of hydrogen-bond acceptors (Lipinski definition) is 4. The van der Waals surface area contributed by atoms with Gasteiger partial charge >= 0.3 is 0 Å². The normalized spacial score (nSPS) is 15.1. The van der Waals surface area contributed by atoms with E-state index in [1.54, 1.807) is 6.20 Å². The fourth-order valence-corrected chi connectivity index (χ4v) is 3.75. The second-order valence-electron chi connectivity index (χ2n) is 7.76. The van der Waals surface area contributed by atoms with Gasteiger partial charge in [-0.05, 0) is 68.9 Å². The Bertz CT molecular complexity index is 602. The van der Waals surface area contributed by atoms with E-state index in [1.165, 1.54) is 12.8 Å². The fraction of sp³-hybridized carbons (Fsp3) is 0.727. The van der Waals surface area contributed by atoms with Gasteiger partial charge in [-0.25, -0.2) is 9.98 Å². The lowest BCUT2D eigenvalue weighted by molar-refractivity contribution is 0.169. The molecule has 7 heteroatoms. The van der Waals surface area contributed by atoms with Crippen molar-refractivity contribution in [1.29, 1.82) is 0 Å². The van der Waals surface area contributed by atoms with Crippen LogP contribution in [-0.2, 0) is 6.54 Å². The number of pyridine rings is 1. The first kappa shape index (κ1) is 25.9. The molecule has 1 heterocycles. The quantitative estimate of drug-likeness (QED) is 0.232. The van der Waals surface area contributed by atoms with Gasteiger partial charge in [-0.3, -0.25) is 0 Å². The SMILES string of the molecule is CCNC(=NCc1ccnc(OC2CCCC2)c1)NCC(CC)(CC)CCO.I. The number of nitrogens with one attached hydrogen (secondary N) is 2. The summed E-state index contributed by atoms with van der Waals surface area (Å²) in [7, 11) is 0. The Labute approximate surface area is 193 Å². The largest absolute Gasteiger partial charge is 0.474 e. The molecule has 0 amide bonds. The van der Waals surface area contributed by atoms with Crippen molar-refractivity contribution in [3.63, 3.8) is 0 Å². The summed E-state index contributed by atoms with van der Waals surface area (Å²) < 4.78 is 6.00. The van der Waals surface area contributed by atoms with Gasteiger partial charge in [0.2, 0.25) is 5.88 Å². The average molecular weight is 518 g/mol. The molecule has 0 spiro atoms. The maximum Gasteiger partial charge on any atom is 0.213 e. The van der Waals surface area contributed by atoms with Gasteiger partial charge in [-0.15, -0.1) is 24.0 Å². The lowest BCUT2D eigenvalue weighted by Crippen LogP contribution is -2.43. The van der Waals surface area contributed by atoms with Crippen LogP contribution in [0.5, 0.6) is 5.88 Å². The highest BCUT2D eigenvalue weighted by Crippen LogP contribution is 2.29. The van der Waals surface area contributed by atoms with Crippen LogP contribution in [0, 0.1) is 5.41 Å². The lowest BCUT2D eigenvalue weighted by atomic mass is 9.79. The van der Waals surface area contributed by atoms with Crippen LogP contribution in [0.2, 0.25) is 0 Å². The number of aliphatic hydroxyl groups excluding tert-OH is 1. The van der Waals surface area contributed by atoms with Gasteiger partial charge in [-0.2, -0.15) is 0 Å². The molecule has 1 aliphatic rings. The number of rotatable bonds is 11. The molecule has 0 atom stereocenters. The minimum absolute atomic E-state index is 0. The molecular weight excluding hydrogens is 479 g/mol. The molecule has 29 heavy (non-hydrogen) atoms. The molecule has 0 unspecified atom stereocenters. The summed E-state index contributed by atoms with van der Waals surface area (Å²) >= 11 is 0. The van der Waals surface area contributed by atoms with E-state index in [9.17, 15) is 5.11 Å². The predicted octanol–water partition coefficient (Wildman–Crippen LogP) is 4.26. The number of halogens is 1. The Kier molecular flexibility index (Phi) is 12.5. The summed E-state index contributed by atoms with van der Waals surface area (Å²) in [6.07, 6.45) is 9.73. The van der Waals surface area contributed by atoms with Crippen LogP contribution in [0.3, 0.4) is 0 Å². The molecule has 2 rings (SSSR count). The predicted molar refractivity (Wildman–Crippen MR) is 130 cm³/mol. The zero-order chi connectivity index (χ0) is 20.2. The van der Waals surface area contributed by atoms with Crippen LogP contribution in [-0.4, -0.2) is 41.9 Å². The van der Waals surface area contributed by atoms with Crippen molar-refractivity contribution < 1.29 is 9.84 Å². The van der Waals surface area contributed by atoms with E-state index >= 15 is 0 Å². The van der Waals surface area contributed by atoms with Gasteiger partial charge in [0.1, 0.15) is 6.10 Å². The second-order valence-corrected chi connectivity index (χ2v) is 7.76. The number of aliphatic hydroxyl groups is 1. The zero-order valence-electron chi connectivity index (χ0n) is 18.2. The van der Waals surface area contributed by atoms with Crippen LogP contribution < -0.4 is 15.4 Å². The topological polar surface area (TPSA) is 78.8 Å². The highest BCUT2D eigenvalue weighted by atomic mass is 127. The number of ether oxygens (including phenoxy) is 1. The summed E-state index contributed by atoms with van der Waals surface area (Å²) in [5, 5.41) is 16.2. The maximum absolute atomic E-state index is 9.42. The zero-order valence-corrected chi connectivity index (χ0v) is 20.6. The van der Waals surface area contributed by atoms with E-state index in [2.05, 4.69) is 36.4 Å². The summed E-state index contributed by atoms with van der Waals surface area (Å²) in [6, 6.07) is 3.99. The van der Waals surface area contributed by atoms with Crippen LogP contribution in [0.15, 0.2) is 23.3 Å². The standard InChI is InChI=1S/C22H38N4O2.HI/c1-4-22(5-2,12-14-27)17-26-21(23-6-3)25-16-18-11-13-24-20(15-18)28-19-9-7-8-10-19;/h11,13,15,19,27H,4-10,12,14,16-17H2,1-3H3,(H2,23,25,26);1H. The Morgan fingerprint density at radius 3 is 2.59 bits per heavy atom. The minimum Gasteiger partial charge on any atom is -0.474 e. The van der Waals surface area contributed by atoms with Crippen molar-refractivity contribution in [3.8, 4) is 5.88 Å². The van der Waals surface area contributed by atoms with E-state index in [0.717, 1.165) is 56.7 Å². The molecule has 1 fully saturated rings. The van der Waals surface area contributed by atoms with E-state index in [-0.39, 0.29) is 36.0 Å². The summed E-state index contributed by atoms with van der Waals surface area (Å²) in [4.78, 5) is 9.09. The van der Waals surface area contributed by atoms with Crippen molar-refractivity contribution in [2.45, 2.75) is 78.4 Å². The Morgan fingerprint density at radius 1 is 1.24 bits per heavy atom. The van der Waals surface area contributed by atoms with E-state index < -0.39 is 0 Å². The first-order chi connectivity index (χ1) is 13.6. The summed E-state index contributed by atoms with van der Waals surface area (Å²) in [5.74, 6) is 1.51. The summed E-state index contributed by atoms with van der Waals surface area (Å²) in [5.41, 5.74) is 1.19. The number of guanidine groups is 1. The molecule has 166 valence electrons. The lowest BCUT2D eigenvalue weighted by Gasteiger charge is -2.32. The molecule has 0 aromatic carbocycles. The number of nitrogens with zero attached hydrogens (tertiary/aromatic N) is 2. The molecule has 1 saturated carbocycles. The smallest absolute Gasteiger partial charge is 0.213 e. The van der Waals surface area contributed by atoms with Crippen LogP contribution in [0.1, 0.15) is 71.3 Å². The van der Waals surface area contributed by atoms with Gasteiger partial charge in [-0.1, -0.05) is 13.8 Å². The third-order valence-electron chi connectivity index (χ3n) is 5.93. The van der Waals surface area contributed by atoms with Crippen LogP contribution in [0.25, 0.3) is 0 Å². The number of aromatic nitrogens is 1. The minimum atomic E-state index is 0. The Hall–Kier alpha value is -1.09. The molecule has 1 aliphatic carbocycles. The molecule has 6 nitrogen and oxygen atoms in total. The van der Waals surface area contributed by atoms with Crippen molar-refractivity contribution in [2.24, 2.45) is 10.4 Å². The van der Waals surface area contributed by atoms with Crippen molar-refractivity contribution in [2.75, 3.05) is 19.7 Å². The van der Waals surface area contributed by atoms with E-state index in [1.807, 2.05) is 12.1 Å². The highest BCUT2D eigenvalue weighted by molar-refractivity contribution is 14.0. The Balaban J connectivity index is 0.00000420. The molecule has 3 N–H and O–H groups in total. The molecule has 0 radical (unpaired) electrons. The molecule has 0 bridgehead atoms. The Morgan fingerprint density at radius 2 is 1.97 bits per heavy atom. The monoisotopic (exact) mass is 518 g/mol. The second kappa shape index (κ2) is 14.0. The third-order valence-corrected chi connectivity index (χ3v) is 5.93. The first-order valence-electron chi connectivity index (χ1n) is 10.9. The van der Waals surface area contributed by atoms with Gasteiger partial charge in [0.25, 0.3) is 0 Å². The number of aliphatic imine (C=N–C) groups is 1. The van der Waals surface area contributed by atoms with Gasteiger partial charge < -0.3 is 20.5 Å². The molecule has 0 saturated heterocycles. The fourth-order valence-electron chi connectivity index (χ4n) is 3.75. The van der Waals surface area contributed by atoms with Crippen LogP contribution >= 0.6 is 24.0 Å². The molecule has 1 aromatic heterocycles. The van der Waals surface area contributed by atoms with Crippen molar-refractivity contribution in [3.05, 3.63) is 23.9 Å². The molecular formula is C22H39IN4O2. The van der Waals surface area contributed by atoms with Crippen molar-refractivity contribution in [1.82, 2.24) is 15.6 Å². The molecule has 0 aliphatic heterocycles. The average Bonchev–Trinajstić information content (AvgIpc) is 3.22. The number of hydrogen-bond donors (Lipinski definition) is 3. The van der Waals surface area contributed by atoms with E-state index in [4.69, 9.17) is 9.73 Å². The van der Waals surface area contributed by atoms with Crippen molar-refractivity contribution >= 4 is 29.9 Å². The molecule has 1 aromatic rings.